The highest BCUT2D eigenvalue weighted by Crippen LogP contribution is 2.27. The smallest absolute Gasteiger partial charge is 0.253 e. The van der Waals surface area contributed by atoms with Crippen molar-refractivity contribution < 1.29 is 19.1 Å². The normalized spacial score (nSPS) is 15.8. The van der Waals surface area contributed by atoms with Crippen molar-refractivity contribution in [2.24, 2.45) is 0 Å². The predicted molar refractivity (Wildman–Crippen MR) is 135 cm³/mol. The van der Waals surface area contributed by atoms with Crippen LogP contribution < -0.4 is 10.1 Å². The fourth-order valence-corrected chi connectivity index (χ4v) is 4.90. The van der Waals surface area contributed by atoms with Gasteiger partial charge in [-0.25, -0.2) is 0 Å². The van der Waals surface area contributed by atoms with Crippen molar-refractivity contribution in [1.29, 1.82) is 0 Å². The van der Waals surface area contributed by atoms with E-state index in [0.717, 1.165) is 54.8 Å². The van der Waals surface area contributed by atoms with Gasteiger partial charge in [-0.05, 0) is 68.0 Å². The number of nitrogens with one attached hydrogen (secondary N) is 1. The number of benzene rings is 2. The fourth-order valence-electron chi connectivity index (χ4n) is 4.90. The molecule has 1 saturated heterocycles. The van der Waals surface area contributed by atoms with Gasteiger partial charge in [-0.3, -0.25) is 14.4 Å². The SMILES string of the molecule is CCCN(C(=O)CCCOc1ccc2c(c1)CCC(=O)N2)C1CCN(C(=O)c2ccccc2)CC1. The summed E-state index contributed by atoms with van der Waals surface area (Å²) in [5, 5.41) is 2.88. The maximum atomic E-state index is 13.1. The van der Waals surface area contributed by atoms with Crippen LogP contribution in [0.15, 0.2) is 48.5 Å². The first-order valence-electron chi connectivity index (χ1n) is 12.7. The monoisotopic (exact) mass is 477 g/mol. The number of hydrogen-bond acceptors (Lipinski definition) is 4. The van der Waals surface area contributed by atoms with Crippen LogP contribution in [0.25, 0.3) is 0 Å². The lowest BCUT2D eigenvalue weighted by Crippen LogP contribution is -2.49. The van der Waals surface area contributed by atoms with Gasteiger partial charge in [-0.1, -0.05) is 25.1 Å². The van der Waals surface area contributed by atoms with Gasteiger partial charge in [0.25, 0.3) is 5.91 Å². The van der Waals surface area contributed by atoms with Crippen LogP contribution in [0.4, 0.5) is 5.69 Å². The Kier molecular flexibility index (Phi) is 8.40. The second-order valence-electron chi connectivity index (χ2n) is 9.30. The average Bonchev–Trinajstić information content (AvgIpc) is 2.90. The van der Waals surface area contributed by atoms with Crippen molar-refractivity contribution in [3.8, 4) is 5.75 Å². The molecule has 3 amide bonds. The van der Waals surface area contributed by atoms with Gasteiger partial charge in [0, 0.05) is 49.8 Å². The van der Waals surface area contributed by atoms with E-state index in [4.69, 9.17) is 4.74 Å². The summed E-state index contributed by atoms with van der Waals surface area (Å²) in [6.07, 6.45) is 4.86. The Labute approximate surface area is 207 Å². The average molecular weight is 478 g/mol. The molecule has 0 aliphatic carbocycles. The molecule has 0 bridgehead atoms. The Balaban J connectivity index is 1.23. The number of amides is 3. The number of fused-ring (bicyclic) bond motifs is 1. The standard InChI is InChI=1S/C28H35N3O4/c1-2-16-31(23-14-17-30(18-15-23)28(34)21-7-4-3-5-8-21)27(33)9-6-19-35-24-11-12-25-22(20-24)10-13-26(32)29-25/h3-5,7-8,11-12,20,23H,2,6,9-10,13-19H2,1H3,(H,29,32). The van der Waals surface area contributed by atoms with Crippen LogP contribution in [-0.4, -0.2) is 59.8 Å². The zero-order valence-electron chi connectivity index (χ0n) is 20.5. The minimum atomic E-state index is 0.0507. The van der Waals surface area contributed by atoms with Crippen molar-refractivity contribution in [2.75, 3.05) is 31.6 Å². The summed E-state index contributed by atoms with van der Waals surface area (Å²) in [4.78, 5) is 41.2. The first-order chi connectivity index (χ1) is 17.0. The number of piperidine rings is 1. The number of carbonyl (C=O) groups excluding carboxylic acids is 3. The number of anilines is 1. The quantitative estimate of drug-likeness (QED) is 0.547. The van der Waals surface area contributed by atoms with Gasteiger partial charge in [0.2, 0.25) is 11.8 Å². The molecule has 2 heterocycles. The minimum Gasteiger partial charge on any atom is -0.494 e. The Bertz CT molecular complexity index is 1030. The Morgan fingerprint density at radius 2 is 1.86 bits per heavy atom. The molecule has 7 nitrogen and oxygen atoms in total. The van der Waals surface area contributed by atoms with E-state index in [0.29, 0.717) is 39.0 Å². The number of aryl methyl sites for hydroxylation is 1. The molecule has 1 N–H and O–H groups in total. The van der Waals surface area contributed by atoms with Gasteiger partial charge in [0.05, 0.1) is 6.61 Å². The highest BCUT2D eigenvalue weighted by molar-refractivity contribution is 5.94. The van der Waals surface area contributed by atoms with Gasteiger partial charge < -0.3 is 19.9 Å². The molecule has 1 fully saturated rings. The van der Waals surface area contributed by atoms with Crippen LogP contribution in [0.3, 0.4) is 0 Å². The van der Waals surface area contributed by atoms with Crippen LogP contribution in [0.5, 0.6) is 5.75 Å². The van der Waals surface area contributed by atoms with Crippen molar-refractivity contribution in [1.82, 2.24) is 9.80 Å². The first kappa shape index (κ1) is 24.8. The number of likely N-dealkylation sites (tertiary alicyclic amines) is 1. The van der Waals surface area contributed by atoms with Crippen LogP contribution in [-0.2, 0) is 16.0 Å². The third-order valence-corrected chi connectivity index (χ3v) is 6.77. The van der Waals surface area contributed by atoms with Crippen LogP contribution in [0, 0.1) is 0 Å². The van der Waals surface area contributed by atoms with Crippen molar-refractivity contribution in [3.63, 3.8) is 0 Å². The second kappa shape index (κ2) is 11.9. The van der Waals surface area contributed by atoms with Crippen molar-refractivity contribution in [2.45, 2.75) is 57.9 Å². The molecule has 2 aliphatic heterocycles. The Hall–Kier alpha value is -3.35. The lowest BCUT2D eigenvalue weighted by atomic mass is 10.0. The summed E-state index contributed by atoms with van der Waals surface area (Å²) >= 11 is 0. The van der Waals surface area contributed by atoms with Crippen LogP contribution >= 0.6 is 0 Å². The number of nitrogens with zero attached hydrogens (tertiary/aromatic N) is 2. The van der Waals surface area contributed by atoms with Gasteiger partial charge >= 0.3 is 0 Å². The molecular formula is C28H35N3O4. The van der Waals surface area contributed by atoms with E-state index in [1.807, 2.05) is 58.3 Å². The first-order valence-corrected chi connectivity index (χ1v) is 12.7. The third-order valence-electron chi connectivity index (χ3n) is 6.77. The second-order valence-corrected chi connectivity index (χ2v) is 9.30. The molecule has 7 heteroatoms. The molecule has 186 valence electrons. The predicted octanol–water partition coefficient (Wildman–Crippen LogP) is 4.27. The number of carbonyl (C=O) groups is 3. The summed E-state index contributed by atoms with van der Waals surface area (Å²) in [7, 11) is 0. The highest BCUT2D eigenvalue weighted by atomic mass is 16.5. The van der Waals surface area contributed by atoms with Gasteiger partial charge in [-0.15, -0.1) is 0 Å². The Morgan fingerprint density at radius 1 is 1.09 bits per heavy atom. The lowest BCUT2D eigenvalue weighted by Gasteiger charge is -2.38. The molecule has 2 aliphatic rings. The molecule has 35 heavy (non-hydrogen) atoms. The molecule has 2 aromatic rings. The van der Waals surface area contributed by atoms with Gasteiger partial charge in [-0.2, -0.15) is 0 Å². The fraction of sp³-hybridized carbons (Fsp3) is 0.464. The summed E-state index contributed by atoms with van der Waals surface area (Å²) in [5.41, 5.74) is 2.66. The van der Waals surface area contributed by atoms with E-state index in [1.165, 1.54) is 0 Å². The van der Waals surface area contributed by atoms with Crippen molar-refractivity contribution >= 4 is 23.4 Å². The van der Waals surface area contributed by atoms with E-state index in [2.05, 4.69) is 12.2 Å². The van der Waals surface area contributed by atoms with Gasteiger partial charge in [0.1, 0.15) is 5.75 Å². The molecule has 0 saturated carbocycles. The molecule has 0 spiro atoms. The topological polar surface area (TPSA) is 79.0 Å². The summed E-state index contributed by atoms with van der Waals surface area (Å²) < 4.78 is 5.89. The maximum absolute atomic E-state index is 13.1. The van der Waals surface area contributed by atoms with E-state index >= 15 is 0 Å². The highest BCUT2D eigenvalue weighted by Gasteiger charge is 2.29. The molecule has 0 radical (unpaired) electrons. The number of hydrogen-bond donors (Lipinski definition) is 1. The minimum absolute atomic E-state index is 0.0507. The van der Waals surface area contributed by atoms with Crippen molar-refractivity contribution in [3.05, 3.63) is 59.7 Å². The Morgan fingerprint density at radius 3 is 2.60 bits per heavy atom. The van der Waals surface area contributed by atoms with Crippen LogP contribution in [0.2, 0.25) is 0 Å². The zero-order valence-corrected chi connectivity index (χ0v) is 20.5. The molecule has 4 rings (SSSR count). The lowest BCUT2D eigenvalue weighted by molar-refractivity contribution is -0.134. The largest absolute Gasteiger partial charge is 0.494 e. The summed E-state index contributed by atoms with van der Waals surface area (Å²) in [6.45, 7) is 4.66. The summed E-state index contributed by atoms with van der Waals surface area (Å²) in [6, 6.07) is 15.3. The molecule has 2 aromatic carbocycles. The van der Waals surface area contributed by atoms with E-state index in [9.17, 15) is 14.4 Å². The molecule has 0 aromatic heterocycles. The van der Waals surface area contributed by atoms with Gasteiger partial charge in [0.15, 0.2) is 0 Å². The zero-order chi connectivity index (χ0) is 24.6. The molecular weight excluding hydrogens is 442 g/mol. The number of ether oxygens (including phenoxy) is 1. The van der Waals surface area contributed by atoms with E-state index < -0.39 is 0 Å². The third kappa shape index (κ3) is 6.41. The molecule has 0 unspecified atom stereocenters. The number of rotatable bonds is 9. The molecule has 0 atom stereocenters. The van der Waals surface area contributed by atoms with E-state index in [1.54, 1.807) is 0 Å². The summed E-state index contributed by atoms with van der Waals surface area (Å²) in [5.74, 6) is 1.05. The van der Waals surface area contributed by atoms with Crippen LogP contribution in [0.1, 0.15) is 61.4 Å². The maximum Gasteiger partial charge on any atom is 0.253 e. The van der Waals surface area contributed by atoms with E-state index in [-0.39, 0.29) is 23.8 Å².